The number of methoxy groups -OCH3 is 2. The number of nitrogens with one attached hydrogen (secondary N) is 1. The van der Waals surface area contributed by atoms with Crippen molar-refractivity contribution in [1.29, 1.82) is 0 Å². The molecule has 2 aliphatic rings. The summed E-state index contributed by atoms with van der Waals surface area (Å²) < 4.78 is 25.4. The van der Waals surface area contributed by atoms with Gasteiger partial charge in [-0.1, -0.05) is 0 Å². The molecule has 0 radical (unpaired) electrons. The number of rotatable bonds is 5. The van der Waals surface area contributed by atoms with Crippen molar-refractivity contribution in [2.45, 2.75) is 37.3 Å². The third-order valence-electron chi connectivity index (χ3n) is 3.71. The monoisotopic (exact) mass is 344 g/mol. The Bertz CT molecular complexity index is 549. The lowest BCUT2D eigenvalue weighted by Crippen LogP contribution is -2.62. The first-order chi connectivity index (χ1) is 11.4. The van der Waals surface area contributed by atoms with Crippen LogP contribution in [0.4, 0.5) is 4.79 Å². The first-order valence-electron chi connectivity index (χ1n) is 7.23. The van der Waals surface area contributed by atoms with Gasteiger partial charge in [0.2, 0.25) is 11.7 Å². The van der Waals surface area contributed by atoms with Gasteiger partial charge in [0.1, 0.15) is 12.7 Å². The van der Waals surface area contributed by atoms with Gasteiger partial charge in [-0.15, -0.1) is 0 Å². The lowest BCUT2D eigenvalue weighted by atomic mass is 9.92. The average molecular weight is 344 g/mol. The van der Waals surface area contributed by atoms with E-state index in [1.54, 1.807) is 0 Å². The lowest BCUT2D eigenvalue weighted by Gasteiger charge is -2.39. The summed E-state index contributed by atoms with van der Waals surface area (Å²) in [6.45, 7) is 1.28. The van der Waals surface area contributed by atoms with Crippen LogP contribution in [0.3, 0.4) is 0 Å². The zero-order valence-electron chi connectivity index (χ0n) is 13.5. The third kappa shape index (κ3) is 3.77. The van der Waals surface area contributed by atoms with E-state index in [-0.39, 0.29) is 18.3 Å². The van der Waals surface area contributed by atoms with E-state index in [4.69, 9.17) is 24.7 Å². The van der Waals surface area contributed by atoms with Gasteiger partial charge in [-0.25, -0.2) is 9.59 Å². The molecule has 10 nitrogen and oxygen atoms in total. The maximum atomic E-state index is 11.8. The summed E-state index contributed by atoms with van der Waals surface area (Å²) in [5.74, 6) is -1.16. The van der Waals surface area contributed by atoms with Crippen molar-refractivity contribution < 1.29 is 38.1 Å². The predicted molar refractivity (Wildman–Crippen MR) is 77.6 cm³/mol. The van der Waals surface area contributed by atoms with Crippen molar-refractivity contribution in [2.24, 2.45) is 5.73 Å². The first kappa shape index (κ1) is 18.0. The number of cyclic esters (lactones) is 2. The average Bonchev–Trinajstić information content (AvgIpc) is 2.96. The molecule has 24 heavy (non-hydrogen) atoms. The van der Waals surface area contributed by atoms with Gasteiger partial charge < -0.3 is 34.7 Å². The van der Waals surface area contributed by atoms with Gasteiger partial charge in [-0.3, -0.25) is 4.79 Å². The number of carbonyl (C=O) groups excluding carboxylic acids is 3. The van der Waals surface area contributed by atoms with Gasteiger partial charge >= 0.3 is 12.1 Å². The third-order valence-corrected chi connectivity index (χ3v) is 3.71. The molecule has 2 aliphatic heterocycles. The SMILES string of the molecule is COC(=O)C1=C[C@H](N)[C@@H](NC(C)=O)[C@H]([C@H](OC)[C@H]2COC(=O)O2)O1. The zero-order chi connectivity index (χ0) is 17.9. The highest BCUT2D eigenvalue weighted by Crippen LogP contribution is 2.26. The molecule has 0 bridgehead atoms. The largest absolute Gasteiger partial charge is 0.508 e. The van der Waals surface area contributed by atoms with Crippen molar-refractivity contribution >= 4 is 18.0 Å². The Balaban J connectivity index is 2.29. The molecule has 0 spiro atoms. The number of carbonyl (C=O) groups is 3. The van der Waals surface area contributed by atoms with Crippen LogP contribution in [-0.2, 0) is 33.3 Å². The molecule has 1 saturated heterocycles. The van der Waals surface area contributed by atoms with E-state index >= 15 is 0 Å². The van der Waals surface area contributed by atoms with Crippen molar-refractivity contribution in [1.82, 2.24) is 5.32 Å². The van der Waals surface area contributed by atoms with Crippen molar-refractivity contribution in [3.63, 3.8) is 0 Å². The van der Waals surface area contributed by atoms with Crippen LogP contribution in [0.25, 0.3) is 0 Å². The normalized spacial score (nSPS) is 30.3. The van der Waals surface area contributed by atoms with Crippen LogP contribution in [-0.4, -0.2) is 69.3 Å². The van der Waals surface area contributed by atoms with E-state index in [1.807, 2.05) is 0 Å². The summed E-state index contributed by atoms with van der Waals surface area (Å²) in [7, 11) is 2.58. The standard InChI is InChI=1S/C14H20N2O8/c1-6(17)16-10-7(15)4-8(13(18)21-3)23-12(10)11(20-2)9-5-22-14(19)24-9/h4,7,9-12H,5,15H2,1-3H3,(H,16,17)/t7-,9+,10+,11+,12+/m0/s1. The second-order valence-electron chi connectivity index (χ2n) is 5.33. The summed E-state index contributed by atoms with van der Waals surface area (Å²) in [6, 6.07) is -1.45. The highest BCUT2D eigenvalue weighted by Gasteiger charge is 2.47. The number of hydrogen-bond donors (Lipinski definition) is 2. The maximum Gasteiger partial charge on any atom is 0.508 e. The molecule has 0 aliphatic carbocycles. The molecule has 0 unspecified atom stereocenters. The molecule has 2 heterocycles. The van der Waals surface area contributed by atoms with Crippen LogP contribution in [0.2, 0.25) is 0 Å². The Kier molecular flexibility index (Phi) is 5.62. The Morgan fingerprint density at radius 2 is 2.08 bits per heavy atom. The second kappa shape index (κ2) is 7.49. The van der Waals surface area contributed by atoms with Gasteiger partial charge in [0.05, 0.1) is 19.2 Å². The first-order valence-corrected chi connectivity index (χ1v) is 7.23. The minimum atomic E-state index is -0.896. The lowest BCUT2D eigenvalue weighted by molar-refractivity contribution is -0.148. The fraction of sp³-hybridized carbons (Fsp3) is 0.643. The van der Waals surface area contributed by atoms with Crippen molar-refractivity contribution in [3.05, 3.63) is 11.8 Å². The molecule has 5 atom stereocenters. The molecule has 0 aromatic rings. The van der Waals surface area contributed by atoms with Gasteiger partial charge in [-0.05, 0) is 6.08 Å². The molecular formula is C14H20N2O8. The topological polar surface area (TPSA) is 135 Å². The predicted octanol–water partition coefficient (Wildman–Crippen LogP) is -1.18. The van der Waals surface area contributed by atoms with Gasteiger partial charge in [0.25, 0.3) is 0 Å². The Labute approximate surface area is 138 Å². The summed E-state index contributed by atoms with van der Waals surface area (Å²) >= 11 is 0. The summed E-state index contributed by atoms with van der Waals surface area (Å²) in [5.41, 5.74) is 6.05. The fourth-order valence-corrected chi connectivity index (χ4v) is 2.66. The number of hydrogen-bond acceptors (Lipinski definition) is 9. The molecule has 0 aromatic carbocycles. The summed E-state index contributed by atoms with van der Waals surface area (Å²) in [5, 5.41) is 2.66. The highest BCUT2D eigenvalue weighted by atomic mass is 16.8. The van der Waals surface area contributed by atoms with Gasteiger partial charge in [0.15, 0.2) is 12.2 Å². The molecule has 134 valence electrons. The van der Waals surface area contributed by atoms with Crippen LogP contribution >= 0.6 is 0 Å². The Hall–Kier alpha value is -2.33. The Morgan fingerprint density at radius 1 is 1.38 bits per heavy atom. The molecule has 10 heteroatoms. The molecule has 1 fully saturated rings. The molecule has 3 N–H and O–H groups in total. The van der Waals surface area contributed by atoms with E-state index < -0.39 is 42.5 Å². The van der Waals surface area contributed by atoms with E-state index in [1.165, 1.54) is 27.2 Å². The summed E-state index contributed by atoms with van der Waals surface area (Å²) in [4.78, 5) is 34.4. The van der Waals surface area contributed by atoms with Crippen LogP contribution in [0.1, 0.15) is 6.92 Å². The Morgan fingerprint density at radius 3 is 2.58 bits per heavy atom. The van der Waals surface area contributed by atoms with E-state index in [2.05, 4.69) is 10.1 Å². The van der Waals surface area contributed by atoms with E-state index in [0.717, 1.165) is 0 Å². The minimum Gasteiger partial charge on any atom is -0.478 e. The second-order valence-corrected chi connectivity index (χ2v) is 5.33. The van der Waals surface area contributed by atoms with Gasteiger partial charge in [0, 0.05) is 14.0 Å². The van der Waals surface area contributed by atoms with Gasteiger partial charge in [-0.2, -0.15) is 0 Å². The quantitative estimate of drug-likeness (QED) is 0.591. The summed E-state index contributed by atoms with van der Waals surface area (Å²) in [6.07, 6.45) is -1.97. The molecule has 2 rings (SSSR count). The van der Waals surface area contributed by atoms with Crippen molar-refractivity contribution in [3.8, 4) is 0 Å². The molecule has 0 saturated carbocycles. The smallest absolute Gasteiger partial charge is 0.478 e. The van der Waals surface area contributed by atoms with Crippen LogP contribution in [0.15, 0.2) is 11.8 Å². The van der Waals surface area contributed by atoms with Crippen molar-refractivity contribution in [2.75, 3.05) is 20.8 Å². The zero-order valence-corrected chi connectivity index (χ0v) is 13.5. The molecular weight excluding hydrogens is 324 g/mol. The number of amides is 1. The van der Waals surface area contributed by atoms with Crippen LogP contribution < -0.4 is 11.1 Å². The minimum absolute atomic E-state index is 0.0451. The highest BCUT2D eigenvalue weighted by molar-refractivity contribution is 5.86. The van der Waals surface area contributed by atoms with E-state index in [9.17, 15) is 14.4 Å². The number of ether oxygens (including phenoxy) is 5. The molecule has 0 aromatic heterocycles. The van der Waals surface area contributed by atoms with E-state index in [0.29, 0.717) is 0 Å². The van der Waals surface area contributed by atoms with Crippen LogP contribution in [0.5, 0.6) is 0 Å². The molecule has 1 amide bonds. The fourth-order valence-electron chi connectivity index (χ4n) is 2.66. The number of esters is 1. The van der Waals surface area contributed by atoms with Crippen LogP contribution in [0, 0.1) is 0 Å². The number of nitrogens with two attached hydrogens (primary N) is 1. The maximum absolute atomic E-state index is 11.8.